The molecule has 0 fully saturated rings. The van der Waals surface area contributed by atoms with Gasteiger partial charge in [-0.05, 0) is 47.9 Å². The number of anilines is 1. The number of phenolic OH excluding ortho intramolecular Hbond substituents is 1. The molecule has 0 aromatic heterocycles. The second-order valence-electron chi connectivity index (χ2n) is 8.91. The summed E-state index contributed by atoms with van der Waals surface area (Å²) >= 11 is 0. The number of aliphatic hydroxyl groups is 1. The highest BCUT2D eigenvalue weighted by Crippen LogP contribution is 2.54. The summed E-state index contributed by atoms with van der Waals surface area (Å²) in [5.74, 6) is -1.55. The number of hydrogen-bond donors (Lipinski definition) is 7. The number of nitrogens with zero attached hydrogens (tertiary/aromatic N) is 4. The van der Waals surface area contributed by atoms with Gasteiger partial charge in [-0.25, -0.2) is 4.79 Å². The number of nitrogen functional groups attached to an aromatic ring is 1. The van der Waals surface area contributed by atoms with Crippen LogP contribution in [0.3, 0.4) is 0 Å². The predicted octanol–water partition coefficient (Wildman–Crippen LogP) is 7.72. The zero-order valence-electron chi connectivity index (χ0n) is 21.5. The quantitative estimate of drug-likeness (QED) is 0.0533. The number of rotatable bonds is 8. The van der Waals surface area contributed by atoms with Crippen LogP contribution in [-0.4, -0.2) is 41.7 Å². The maximum atomic E-state index is 11.5. The van der Waals surface area contributed by atoms with Gasteiger partial charge in [-0.3, -0.25) is 0 Å². The number of aromatic hydroxyl groups is 1. The van der Waals surface area contributed by atoms with Gasteiger partial charge in [0, 0.05) is 27.9 Å². The largest absolute Gasteiger partial charge is 0.505 e. The lowest BCUT2D eigenvalue weighted by molar-refractivity contribution is 0.0693. The van der Waals surface area contributed by atoms with Crippen LogP contribution in [0.15, 0.2) is 104 Å². The number of phenols is 1. The number of azo groups is 2. The van der Waals surface area contributed by atoms with Crippen molar-refractivity contribution >= 4 is 66.8 Å². The van der Waals surface area contributed by atoms with E-state index >= 15 is 0 Å². The van der Waals surface area contributed by atoms with E-state index in [1.165, 1.54) is 30.3 Å². The molecule has 14 heteroatoms. The van der Waals surface area contributed by atoms with Gasteiger partial charge in [-0.2, -0.15) is 5.11 Å². The molecular weight excluding hydrogens is 566 g/mol. The second-order valence-corrected chi connectivity index (χ2v) is 10.4. The molecule has 0 aliphatic carbocycles. The highest BCUT2D eigenvalue weighted by molar-refractivity contribution is 8.19. The average Bonchev–Trinajstić information content (AvgIpc) is 2.95. The van der Waals surface area contributed by atoms with Gasteiger partial charge in [0.25, 0.3) is 0 Å². The molecule has 0 bridgehead atoms. The number of hydrogen-bond acceptors (Lipinski definition) is 12. The Morgan fingerprint density at radius 2 is 1.48 bits per heavy atom. The number of aliphatic hydroxyl groups excluding tert-OH is 1. The summed E-state index contributed by atoms with van der Waals surface area (Å²) in [6, 6.07) is 20.0. The fourth-order valence-corrected chi connectivity index (χ4v) is 4.93. The third-order valence-electron chi connectivity index (χ3n) is 6.15. The topological polar surface area (TPSA) is 223 Å². The normalized spacial score (nSPS) is 12.5. The van der Waals surface area contributed by atoms with Crippen LogP contribution in [0.1, 0.15) is 10.4 Å². The molecule has 13 nitrogen and oxygen atoms in total. The number of benzene rings is 5. The highest BCUT2D eigenvalue weighted by atomic mass is 32.3. The number of nitrogens with two attached hydrogens (primary N) is 1. The van der Waals surface area contributed by atoms with Crippen molar-refractivity contribution in [2.45, 2.75) is 4.90 Å². The zero-order valence-corrected chi connectivity index (χ0v) is 22.3. The SMILES string of the molecule is Nc1ccc2cc(S(O)(O)O)c(N=Nc3ccc(N=Nc4cc(OCO)cc(C(=O)O)c4)c4ccccc34)c(O)c2c1. The van der Waals surface area contributed by atoms with Crippen molar-refractivity contribution in [1.82, 2.24) is 0 Å². The first kappa shape index (κ1) is 28.4. The molecule has 0 heterocycles. The molecule has 5 rings (SSSR count). The number of ether oxygens (including phenoxy) is 1. The van der Waals surface area contributed by atoms with Crippen molar-refractivity contribution in [1.29, 1.82) is 0 Å². The molecule has 0 atom stereocenters. The number of carbonyl (C=O) groups is 1. The summed E-state index contributed by atoms with van der Waals surface area (Å²) in [7, 11) is -4.29. The molecule has 0 spiro atoms. The molecule has 42 heavy (non-hydrogen) atoms. The molecule has 0 radical (unpaired) electrons. The van der Waals surface area contributed by atoms with E-state index in [2.05, 4.69) is 20.5 Å². The summed E-state index contributed by atoms with van der Waals surface area (Å²) in [4.78, 5) is 11.1. The maximum absolute atomic E-state index is 11.5. The van der Waals surface area contributed by atoms with Crippen LogP contribution in [0.5, 0.6) is 11.5 Å². The lowest BCUT2D eigenvalue weighted by Crippen LogP contribution is -1.99. The fourth-order valence-electron chi connectivity index (χ4n) is 4.24. The Balaban J connectivity index is 1.57. The summed E-state index contributed by atoms with van der Waals surface area (Å²) in [5.41, 5.74) is 6.65. The van der Waals surface area contributed by atoms with E-state index in [1.54, 1.807) is 48.5 Å². The maximum Gasteiger partial charge on any atom is 0.335 e. The molecule has 5 aromatic carbocycles. The van der Waals surface area contributed by atoms with Gasteiger partial charge in [-0.1, -0.05) is 30.3 Å². The summed E-state index contributed by atoms with van der Waals surface area (Å²) in [6.07, 6.45) is 0. The highest BCUT2D eigenvalue weighted by Gasteiger charge is 2.25. The molecule has 214 valence electrons. The van der Waals surface area contributed by atoms with E-state index in [0.29, 0.717) is 33.2 Å². The van der Waals surface area contributed by atoms with Gasteiger partial charge in [0.2, 0.25) is 0 Å². The van der Waals surface area contributed by atoms with E-state index in [9.17, 15) is 28.7 Å². The lowest BCUT2D eigenvalue weighted by atomic mass is 10.1. The lowest BCUT2D eigenvalue weighted by Gasteiger charge is -2.22. The fraction of sp³-hybridized carbons (Fsp3) is 0.0357. The van der Waals surface area contributed by atoms with E-state index < -0.39 is 34.3 Å². The van der Waals surface area contributed by atoms with Crippen molar-refractivity contribution in [3.63, 3.8) is 0 Å². The minimum Gasteiger partial charge on any atom is -0.505 e. The second kappa shape index (κ2) is 11.4. The van der Waals surface area contributed by atoms with Gasteiger partial charge >= 0.3 is 5.97 Å². The molecular formula is C28H23N5O8S. The molecule has 5 aromatic rings. The van der Waals surface area contributed by atoms with Crippen LogP contribution in [0, 0.1) is 0 Å². The van der Waals surface area contributed by atoms with Crippen molar-refractivity contribution in [2.24, 2.45) is 20.5 Å². The van der Waals surface area contributed by atoms with Gasteiger partial charge in [0.15, 0.2) is 12.5 Å². The van der Waals surface area contributed by atoms with Crippen LogP contribution < -0.4 is 10.5 Å². The standard InChI is InChI=1S/C28H23N5O8S/c29-17-6-5-15-11-25(42(38,39)40)26(27(35)22(15)12-17)33-32-24-8-7-23(20-3-1-2-4-21(20)24)31-30-18-9-16(28(36)37)10-19(13-18)41-14-34/h1-13,34-35,38-40H,14,29H2,(H,36,37). The first-order valence-corrected chi connectivity index (χ1v) is 13.6. The Bertz CT molecular complexity index is 1910. The van der Waals surface area contributed by atoms with Gasteiger partial charge < -0.3 is 39.4 Å². The molecule has 0 saturated heterocycles. The predicted molar refractivity (Wildman–Crippen MR) is 157 cm³/mol. The number of fused-ring (bicyclic) bond motifs is 2. The number of carboxylic acid groups (broad SMARTS) is 1. The Hall–Kier alpha value is -5.12. The minimum atomic E-state index is -4.29. The number of carboxylic acids is 1. The van der Waals surface area contributed by atoms with Crippen LogP contribution in [0.4, 0.5) is 28.4 Å². The summed E-state index contributed by atoms with van der Waals surface area (Å²) < 4.78 is 35.1. The molecule has 8 N–H and O–H groups in total. The molecule has 0 amide bonds. The van der Waals surface area contributed by atoms with E-state index in [0.717, 1.165) is 0 Å². The van der Waals surface area contributed by atoms with E-state index in [1.807, 2.05) is 0 Å². The van der Waals surface area contributed by atoms with E-state index in [4.69, 9.17) is 15.6 Å². The van der Waals surface area contributed by atoms with Crippen LogP contribution in [0.2, 0.25) is 0 Å². The average molecular weight is 590 g/mol. The first-order valence-electron chi connectivity index (χ1n) is 12.1. The Kier molecular flexibility index (Phi) is 7.71. The minimum absolute atomic E-state index is 0.102. The van der Waals surface area contributed by atoms with Crippen LogP contribution in [0.25, 0.3) is 21.5 Å². The zero-order chi connectivity index (χ0) is 30.0. The molecule has 0 saturated carbocycles. The van der Waals surface area contributed by atoms with E-state index in [-0.39, 0.29) is 28.1 Å². The van der Waals surface area contributed by atoms with Crippen LogP contribution >= 0.6 is 10.9 Å². The number of aromatic carboxylic acids is 1. The molecule has 0 unspecified atom stereocenters. The van der Waals surface area contributed by atoms with Crippen molar-refractivity contribution in [2.75, 3.05) is 12.5 Å². The van der Waals surface area contributed by atoms with Crippen molar-refractivity contribution in [3.05, 3.63) is 84.4 Å². The van der Waals surface area contributed by atoms with Gasteiger partial charge in [-0.15, -0.1) is 15.3 Å². The summed E-state index contributed by atoms with van der Waals surface area (Å²) in [6.45, 7) is -0.649. The molecule has 0 aliphatic heterocycles. The Morgan fingerprint density at radius 3 is 2.10 bits per heavy atom. The Morgan fingerprint density at radius 1 is 0.810 bits per heavy atom. The third kappa shape index (κ3) is 5.83. The third-order valence-corrected chi connectivity index (χ3v) is 7.05. The van der Waals surface area contributed by atoms with Gasteiger partial charge in [0.1, 0.15) is 22.3 Å². The Labute approximate surface area is 239 Å². The summed E-state index contributed by atoms with van der Waals surface area (Å²) in [5, 5.41) is 47.9. The van der Waals surface area contributed by atoms with Gasteiger partial charge in [0.05, 0.1) is 27.5 Å². The monoisotopic (exact) mass is 589 g/mol. The first-order chi connectivity index (χ1) is 20.0. The van der Waals surface area contributed by atoms with Crippen molar-refractivity contribution < 1.29 is 38.5 Å². The van der Waals surface area contributed by atoms with Crippen molar-refractivity contribution in [3.8, 4) is 11.5 Å². The molecule has 0 aliphatic rings. The smallest absolute Gasteiger partial charge is 0.335 e. The van der Waals surface area contributed by atoms with Crippen LogP contribution in [-0.2, 0) is 0 Å².